The number of quaternary nitrogens is 1. The Balaban J connectivity index is 1.78. The number of benzene rings is 1. The van der Waals surface area contributed by atoms with E-state index in [1.807, 2.05) is 30.3 Å². The molecular formula is C13H17NO3. The smallest absolute Gasteiger partial charge is 0.309 e. The summed E-state index contributed by atoms with van der Waals surface area (Å²) in [5, 5.41) is 11.3. The van der Waals surface area contributed by atoms with E-state index in [0.29, 0.717) is 32.5 Å². The van der Waals surface area contributed by atoms with Gasteiger partial charge in [-0.15, -0.1) is 0 Å². The highest BCUT2D eigenvalue weighted by atomic mass is 16.5. The Bertz CT molecular complexity index is 358. The molecule has 0 amide bonds. The minimum Gasteiger partial charge on any atom is -0.634 e. The van der Waals surface area contributed by atoms with Crippen LogP contribution in [0.25, 0.3) is 0 Å². The lowest BCUT2D eigenvalue weighted by molar-refractivity contribution is -0.854. The first-order valence-electron chi connectivity index (χ1n) is 5.98. The number of esters is 1. The molecule has 1 heterocycles. The summed E-state index contributed by atoms with van der Waals surface area (Å²) < 4.78 is 5.25. The van der Waals surface area contributed by atoms with Crippen molar-refractivity contribution in [2.75, 3.05) is 13.1 Å². The van der Waals surface area contributed by atoms with E-state index in [1.165, 1.54) is 0 Å². The van der Waals surface area contributed by atoms with Crippen molar-refractivity contribution in [1.82, 2.24) is 0 Å². The molecule has 1 aromatic carbocycles. The molecular weight excluding hydrogens is 218 g/mol. The maximum atomic E-state index is 11.7. The Hall–Kier alpha value is -1.39. The molecule has 92 valence electrons. The van der Waals surface area contributed by atoms with Gasteiger partial charge in [-0.05, 0) is 5.56 Å². The van der Waals surface area contributed by atoms with Gasteiger partial charge in [0.1, 0.15) is 6.61 Å². The third kappa shape index (κ3) is 3.54. The van der Waals surface area contributed by atoms with Gasteiger partial charge in [-0.25, -0.2) is 0 Å². The van der Waals surface area contributed by atoms with Crippen LogP contribution in [0.1, 0.15) is 18.4 Å². The monoisotopic (exact) mass is 235 g/mol. The number of hydrogen-bond donors (Lipinski definition) is 1. The van der Waals surface area contributed by atoms with Gasteiger partial charge < -0.3 is 15.0 Å². The van der Waals surface area contributed by atoms with Crippen molar-refractivity contribution in [2.45, 2.75) is 19.4 Å². The molecule has 17 heavy (non-hydrogen) atoms. The van der Waals surface area contributed by atoms with Crippen molar-refractivity contribution >= 4 is 5.97 Å². The van der Waals surface area contributed by atoms with Crippen LogP contribution in [0.3, 0.4) is 0 Å². The maximum absolute atomic E-state index is 11.7. The second-order valence-electron chi connectivity index (χ2n) is 4.41. The zero-order valence-electron chi connectivity index (χ0n) is 9.72. The molecule has 1 saturated heterocycles. The molecule has 0 unspecified atom stereocenters. The van der Waals surface area contributed by atoms with Crippen molar-refractivity contribution in [3.05, 3.63) is 41.1 Å². The molecule has 1 N–H and O–H groups in total. The average Bonchev–Trinajstić information content (AvgIpc) is 2.38. The average molecular weight is 235 g/mol. The lowest BCUT2D eigenvalue weighted by Gasteiger charge is -2.30. The summed E-state index contributed by atoms with van der Waals surface area (Å²) in [5.41, 5.74) is 0.993. The van der Waals surface area contributed by atoms with Crippen molar-refractivity contribution in [2.24, 2.45) is 5.92 Å². The number of nitrogens with one attached hydrogen (secondary N) is 1. The first kappa shape index (κ1) is 12.1. The highest BCUT2D eigenvalue weighted by Gasteiger charge is 2.25. The molecule has 0 spiro atoms. The standard InChI is InChI=1S/C13H17NO3/c15-13(12-6-8-14(16)9-7-12)17-10-11-4-2-1-3-5-11/h1-5,12,14H,6-10H2. The Morgan fingerprint density at radius 1 is 1.29 bits per heavy atom. The number of ether oxygens (including phenoxy) is 1. The van der Waals surface area contributed by atoms with Crippen molar-refractivity contribution in [1.29, 1.82) is 0 Å². The minimum atomic E-state index is -0.165. The van der Waals surface area contributed by atoms with Crippen LogP contribution in [-0.2, 0) is 16.1 Å². The molecule has 4 heteroatoms. The quantitative estimate of drug-likeness (QED) is 0.614. The highest BCUT2D eigenvalue weighted by molar-refractivity contribution is 5.72. The highest BCUT2D eigenvalue weighted by Crippen LogP contribution is 2.13. The molecule has 0 radical (unpaired) electrons. The molecule has 2 rings (SSSR count). The lowest BCUT2D eigenvalue weighted by Crippen LogP contribution is -3.08. The number of hydrogen-bond acceptors (Lipinski definition) is 3. The molecule has 0 aromatic heterocycles. The zero-order chi connectivity index (χ0) is 12.1. The van der Waals surface area contributed by atoms with Gasteiger partial charge in [0.2, 0.25) is 0 Å². The van der Waals surface area contributed by atoms with Gasteiger partial charge in [0.05, 0.1) is 19.0 Å². The summed E-state index contributed by atoms with van der Waals surface area (Å²) in [5.74, 6) is -0.252. The van der Waals surface area contributed by atoms with Gasteiger partial charge in [0, 0.05) is 12.8 Å². The van der Waals surface area contributed by atoms with E-state index in [2.05, 4.69) is 0 Å². The first-order valence-corrected chi connectivity index (χ1v) is 5.98. The first-order chi connectivity index (χ1) is 8.25. The summed E-state index contributed by atoms with van der Waals surface area (Å²) >= 11 is 0. The Labute approximate surface area is 101 Å². The summed E-state index contributed by atoms with van der Waals surface area (Å²) in [6, 6.07) is 9.62. The van der Waals surface area contributed by atoms with E-state index < -0.39 is 0 Å². The molecule has 4 nitrogen and oxygen atoms in total. The fraction of sp³-hybridized carbons (Fsp3) is 0.462. The fourth-order valence-electron chi connectivity index (χ4n) is 2.02. The van der Waals surface area contributed by atoms with E-state index in [1.54, 1.807) is 0 Å². The van der Waals surface area contributed by atoms with Crippen molar-refractivity contribution in [3.63, 3.8) is 0 Å². The lowest BCUT2D eigenvalue weighted by atomic mass is 9.98. The van der Waals surface area contributed by atoms with Gasteiger partial charge in [0.15, 0.2) is 0 Å². The molecule has 1 aliphatic rings. The molecule has 0 atom stereocenters. The second-order valence-corrected chi connectivity index (χ2v) is 4.41. The predicted octanol–water partition coefficient (Wildman–Crippen LogP) is 0.522. The van der Waals surface area contributed by atoms with E-state index in [-0.39, 0.29) is 17.0 Å². The van der Waals surface area contributed by atoms with Crippen LogP contribution in [0, 0.1) is 11.1 Å². The molecule has 1 fully saturated rings. The van der Waals surface area contributed by atoms with Gasteiger partial charge in [0.25, 0.3) is 0 Å². The summed E-state index contributed by atoms with van der Waals surface area (Å²) in [7, 11) is 0. The van der Waals surface area contributed by atoms with Crippen LogP contribution >= 0.6 is 0 Å². The van der Waals surface area contributed by atoms with E-state index in [4.69, 9.17) is 4.74 Å². The molecule has 1 aromatic rings. The van der Waals surface area contributed by atoms with Crippen LogP contribution in [0.2, 0.25) is 0 Å². The Morgan fingerprint density at radius 3 is 2.59 bits per heavy atom. The van der Waals surface area contributed by atoms with Crippen LogP contribution in [0.4, 0.5) is 0 Å². The second kappa shape index (κ2) is 5.80. The largest absolute Gasteiger partial charge is 0.634 e. The Kier molecular flexibility index (Phi) is 4.12. The van der Waals surface area contributed by atoms with E-state index in [9.17, 15) is 10.0 Å². The van der Waals surface area contributed by atoms with Crippen LogP contribution in [0.5, 0.6) is 0 Å². The van der Waals surface area contributed by atoms with Crippen LogP contribution in [-0.4, -0.2) is 19.1 Å². The normalized spacial score (nSPS) is 24.3. The van der Waals surface area contributed by atoms with E-state index >= 15 is 0 Å². The maximum Gasteiger partial charge on any atom is 0.309 e. The van der Waals surface area contributed by atoms with Crippen LogP contribution < -0.4 is 5.06 Å². The van der Waals surface area contributed by atoms with Crippen molar-refractivity contribution < 1.29 is 14.6 Å². The SMILES string of the molecule is O=C(OCc1ccccc1)C1CC[NH+]([O-])CC1. The van der Waals surface area contributed by atoms with Gasteiger partial charge in [-0.3, -0.25) is 4.79 Å². The van der Waals surface area contributed by atoms with Gasteiger partial charge in [-0.1, -0.05) is 30.3 Å². The topological polar surface area (TPSA) is 53.8 Å². The predicted molar refractivity (Wildman–Crippen MR) is 63.0 cm³/mol. The summed E-state index contributed by atoms with van der Waals surface area (Å²) in [4.78, 5) is 11.7. The minimum absolute atomic E-state index is 0.0867. The third-order valence-corrected chi connectivity index (χ3v) is 3.10. The van der Waals surface area contributed by atoms with Crippen LogP contribution in [0.15, 0.2) is 30.3 Å². The third-order valence-electron chi connectivity index (χ3n) is 3.10. The molecule has 0 aliphatic carbocycles. The molecule has 0 saturated carbocycles. The summed E-state index contributed by atoms with van der Waals surface area (Å²) in [6.07, 6.45) is 1.29. The number of hydroxylamine groups is 2. The Morgan fingerprint density at radius 2 is 1.94 bits per heavy atom. The van der Waals surface area contributed by atoms with Gasteiger partial charge in [-0.2, -0.15) is 0 Å². The summed E-state index contributed by atoms with van der Waals surface area (Å²) in [6.45, 7) is 1.36. The number of piperidine rings is 1. The van der Waals surface area contributed by atoms with Gasteiger partial charge >= 0.3 is 5.97 Å². The van der Waals surface area contributed by atoms with Crippen molar-refractivity contribution in [3.8, 4) is 0 Å². The number of carbonyl (C=O) groups is 1. The van der Waals surface area contributed by atoms with E-state index in [0.717, 1.165) is 5.56 Å². The molecule has 0 bridgehead atoms. The number of carbonyl (C=O) groups excluding carboxylic acids is 1. The zero-order valence-corrected chi connectivity index (χ0v) is 9.72. The number of rotatable bonds is 3. The molecule has 1 aliphatic heterocycles. The fourth-order valence-corrected chi connectivity index (χ4v) is 2.02.